The first kappa shape index (κ1) is 15.3. The summed E-state index contributed by atoms with van der Waals surface area (Å²) in [7, 11) is 1.75. The third kappa shape index (κ3) is 3.16. The molecule has 0 fully saturated rings. The number of carbonyl (C=O) groups excluding carboxylic acids is 1. The van der Waals surface area contributed by atoms with E-state index in [1.807, 2.05) is 25.1 Å². The van der Waals surface area contributed by atoms with Gasteiger partial charge in [0.15, 0.2) is 5.13 Å². The molecule has 0 aliphatic carbocycles. The number of thiazole rings is 1. The van der Waals surface area contributed by atoms with E-state index in [9.17, 15) is 4.79 Å². The first-order valence-corrected chi connectivity index (χ1v) is 7.60. The average Bonchev–Trinajstić information content (AvgIpc) is 2.82. The van der Waals surface area contributed by atoms with E-state index in [1.165, 1.54) is 11.3 Å². The van der Waals surface area contributed by atoms with E-state index in [0.717, 1.165) is 16.8 Å². The zero-order chi connectivity index (χ0) is 15.6. The lowest BCUT2D eigenvalue weighted by Crippen LogP contribution is -2.15. The van der Waals surface area contributed by atoms with Crippen molar-refractivity contribution in [3.05, 3.63) is 34.2 Å². The van der Waals surface area contributed by atoms with Crippen molar-refractivity contribution in [1.29, 1.82) is 0 Å². The van der Waals surface area contributed by atoms with Gasteiger partial charge < -0.3 is 16.4 Å². The van der Waals surface area contributed by atoms with Crippen molar-refractivity contribution in [2.45, 2.75) is 26.7 Å². The van der Waals surface area contributed by atoms with Crippen LogP contribution in [-0.2, 0) is 0 Å². The molecule has 0 saturated heterocycles. The van der Waals surface area contributed by atoms with Crippen molar-refractivity contribution in [3.8, 4) is 0 Å². The summed E-state index contributed by atoms with van der Waals surface area (Å²) >= 11 is 1.25. The molecule has 4 N–H and O–H groups in total. The number of benzene rings is 1. The summed E-state index contributed by atoms with van der Waals surface area (Å²) in [5.41, 5.74) is 8.81. The molecule has 1 aromatic carbocycles. The molecule has 0 aliphatic heterocycles. The van der Waals surface area contributed by atoms with E-state index >= 15 is 0 Å². The lowest BCUT2D eigenvalue weighted by Gasteiger charge is -2.16. The van der Waals surface area contributed by atoms with Crippen molar-refractivity contribution in [1.82, 2.24) is 4.98 Å². The van der Waals surface area contributed by atoms with Crippen LogP contribution in [0.25, 0.3) is 0 Å². The van der Waals surface area contributed by atoms with E-state index in [-0.39, 0.29) is 11.7 Å². The van der Waals surface area contributed by atoms with Gasteiger partial charge in [0.1, 0.15) is 10.7 Å². The minimum atomic E-state index is -0.220. The normalized spacial score (nSPS) is 10.7. The molecule has 0 saturated carbocycles. The SMILES string of the molecule is CNc1nc(N)c(C(=O)Nc2c(C)cccc2C(C)C)s1. The summed E-state index contributed by atoms with van der Waals surface area (Å²) in [4.78, 5) is 17.0. The number of nitrogens with zero attached hydrogens (tertiary/aromatic N) is 1. The quantitative estimate of drug-likeness (QED) is 0.808. The van der Waals surface area contributed by atoms with E-state index in [0.29, 0.717) is 15.9 Å². The van der Waals surface area contributed by atoms with Crippen LogP contribution in [0.1, 0.15) is 40.6 Å². The number of aryl methyl sites for hydroxylation is 1. The number of rotatable bonds is 4. The highest BCUT2D eigenvalue weighted by molar-refractivity contribution is 7.18. The molecule has 2 aromatic rings. The molecule has 0 spiro atoms. The van der Waals surface area contributed by atoms with E-state index in [2.05, 4.69) is 29.5 Å². The van der Waals surface area contributed by atoms with Crippen LogP contribution in [0.2, 0.25) is 0 Å². The van der Waals surface area contributed by atoms with Crippen LogP contribution in [0, 0.1) is 6.92 Å². The molecule has 0 atom stereocenters. The molecule has 0 bridgehead atoms. The summed E-state index contributed by atoms with van der Waals surface area (Å²) in [6.45, 7) is 6.19. The van der Waals surface area contributed by atoms with Gasteiger partial charge in [-0.2, -0.15) is 0 Å². The second kappa shape index (κ2) is 6.13. The summed E-state index contributed by atoms with van der Waals surface area (Å²) in [6.07, 6.45) is 0. The fourth-order valence-electron chi connectivity index (χ4n) is 2.11. The zero-order valence-electron chi connectivity index (χ0n) is 12.7. The molecule has 1 aromatic heterocycles. The molecule has 1 amide bonds. The Morgan fingerprint density at radius 3 is 2.67 bits per heavy atom. The van der Waals surface area contributed by atoms with Gasteiger partial charge in [-0.3, -0.25) is 4.79 Å². The maximum Gasteiger partial charge on any atom is 0.269 e. The van der Waals surface area contributed by atoms with Gasteiger partial charge in [0.05, 0.1) is 0 Å². The van der Waals surface area contributed by atoms with Gasteiger partial charge in [-0.25, -0.2) is 4.98 Å². The van der Waals surface area contributed by atoms with Crippen molar-refractivity contribution >= 4 is 33.9 Å². The molecule has 2 rings (SSSR count). The van der Waals surface area contributed by atoms with Crippen LogP contribution < -0.4 is 16.4 Å². The highest BCUT2D eigenvalue weighted by atomic mass is 32.1. The van der Waals surface area contributed by atoms with Gasteiger partial charge >= 0.3 is 0 Å². The lowest BCUT2D eigenvalue weighted by molar-refractivity contribution is 0.103. The molecule has 0 radical (unpaired) electrons. The van der Waals surface area contributed by atoms with Crippen LogP contribution in [0.4, 0.5) is 16.6 Å². The largest absolute Gasteiger partial charge is 0.382 e. The van der Waals surface area contributed by atoms with Crippen molar-refractivity contribution in [3.63, 3.8) is 0 Å². The highest BCUT2D eigenvalue weighted by Crippen LogP contribution is 2.30. The first-order chi connectivity index (χ1) is 9.93. The van der Waals surface area contributed by atoms with Gasteiger partial charge in [0.25, 0.3) is 5.91 Å². The molecule has 6 heteroatoms. The Morgan fingerprint density at radius 1 is 1.38 bits per heavy atom. The molecule has 1 heterocycles. The number of carbonyl (C=O) groups is 1. The third-order valence-corrected chi connectivity index (χ3v) is 4.33. The standard InChI is InChI=1S/C15H20N4OS/c1-8(2)10-7-5-6-9(3)11(10)18-14(20)12-13(16)19-15(17-4)21-12/h5-8H,16H2,1-4H3,(H,17,19)(H,18,20). The Bertz CT molecular complexity index is 664. The number of nitrogens with one attached hydrogen (secondary N) is 2. The summed E-state index contributed by atoms with van der Waals surface area (Å²) in [6, 6.07) is 6.01. The number of para-hydroxylation sites is 1. The fraction of sp³-hybridized carbons (Fsp3) is 0.333. The third-order valence-electron chi connectivity index (χ3n) is 3.24. The Morgan fingerprint density at radius 2 is 2.10 bits per heavy atom. The Hall–Kier alpha value is -2.08. The monoisotopic (exact) mass is 304 g/mol. The second-order valence-electron chi connectivity index (χ2n) is 5.13. The molecular formula is C15H20N4OS. The molecule has 21 heavy (non-hydrogen) atoms. The van der Waals surface area contributed by atoms with E-state index in [4.69, 9.17) is 5.73 Å². The van der Waals surface area contributed by atoms with Crippen LogP contribution in [0.5, 0.6) is 0 Å². The van der Waals surface area contributed by atoms with Crippen LogP contribution in [0.3, 0.4) is 0 Å². The number of anilines is 3. The van der Waals surface area contributed by atoms with Crippen LogP contribution >= 0.6 is 11.3 Å². The van der Waals surface area contributed by atoms with Gasteiger partial charge in [-0.1, -0.05) is 43.4 Å². The maximum absolute atomic E-state index is 12.4. The first-order valence-electron chi connectivity index (χ1n) is 6.79. The molecule has 112 valence electrons. The van der Waals surface area contributed by atoms with Gasteiger partial charge in [0, 0.05) is 12.7 Å². The minimum absolute atomic E-state index is 0.220. The number of hydrogen-bond donors (Lipinski definition) is 3. The number of nitrogens with two attached hydrogens (primary N) is 1. The predicted molar refractivity (Wildman–Crippen MR) is 89.3 cm³/mol. The number of aromatic nitrogens is 1. The molecule has 0 unspecified atom stereocenters. The van der Waals surface area contributed by atoms with Gasteiger partial charge in [-0.15, -0.1) is 0 Å². The van der Waals surface area contributed by atoms with E-state index < -0.39 is 0 Å². The molecule has 5 nitrogen and oxygen atoms in total. The summed E-state index contributed by atoms with van der Waals surface area (Å²) < 4.78 is 0. The van der Waals surface area contributed by atoms with E-state index in [1.54, 1.807) is 7.05 Å². The zero-order valence-corrected chi connectivity index (χ0v) is 13.5. The Labute approximate surface area is 128 Å². The Balaban J connectivity index is 2.33. The highest BCUT2D eigenvalue weighted by Gasteiger charge is 2.18. The average molecular weight is 304 g/mol. The second-order valence-corrected chi connectivity index (χ2v) is 6.13. The van der Waals surface area contributed by atoms with Gasteiger partial charge in [0.2, 0.25) is 0 Å². The fourth-order valence-corrected chi connectivity index (χ4v) is 2.85. The smallest absolute Gasteiger partial charge is 0.269 e. The van der Waals surface area contributed by atoms with Crippen molar-refractivity contribution < 1.29 is 4.79 Å². The Kier molecular flexibility index (Phi) is 4.47. The molecular weight excluding hydrogens is 284 g/mol. The summed E-state index contributed by atoms with van der Waals surface area (Å²) in [5, 5.41) is 6.50. The van der Waals surface area contributed by atoms with Crippen molar-refractivity contribution in [2.75, 3.05) is 23.4 Å². The number of amides is 1. The van der Waals surface area contributed by atoms with Crippen LogP contribution in [0.15, 0.2) is 18.2 Å². The molecule has 0 aliphatic rings. The van der Waals surface area contributed by atoms with Gasteiger partial charge in [-0.05, 0) is 24.0 Å². The number of hydrogen-bond acceptors (Lipinski definition) is 5. The minimum Gasteiger partial charge on any atom is -0.382 e. The topological polar surface area (TPSA) is 80.0 Å². The van der Waals surface area contributed by atoms with Crippen molar-refractivity contribution in [2.24, 2.45) is 0 Å². The van der Waals surface area contributed by atoms with Crippen LogP contribution in [-0.4, -0.2) is 17.9 Å². The summed E-state index contributed by atoms with van der Waals surface area (Å²) in [5.74, 6) is 0.358. The lowest BCUT2D eigenvalue weighted by atomic mass is 9.98. The number of nitrogen functional groups attached to an aromatic ring is 1. The maximum atomic E-state index is 12.4. The predicted octanol–water partition coefficient (Wildman–Crippen LogP) is 3.45.